The molecule has 176 valence electrons. The average Bonchev–Trinajstić information content (AvgIpc) is 3.46. The van der Waals surface area contributed by atoms with Gasteiger partial charge in [-0.05, 0) is 31.4 Å². The number of nitrogens with zero attached hydrogens (tertiary/aromatic N) is 4. The summed E-state index contributed by atoms with van der Waals surface area (Å²) in [5, 5.41) is 10.6. The summed E-state index contributed by atoms with van der Waals surface area (Å²) in [5.41, 5.74) is 1.29. The first kappa shape index (κ1) is 23.7. The van der Waals surface area contributed by atoms with E-state index in [0.29, 0.717) is 40.6 Å². The topological polar surface area (TPSA) is 117 Å². The van der Waals surface area contributed by atoms with Crippen LogP contribution in [-0.4, -0.2) is 59.4 Å². The molecule has 2 unspecified atom stereocenters. The van der Waals surface area contributed by atoms with E-state index >= 15 is 0 Å². The Morgan fingerprint density at radius 2 is 2.12 bits per heavy atom. The maximum absolute atomic E-state index is 12.6. The minimum absolute atomic E-state index is 0.166. The van der Waals surface area contributed by atoms with Gasteiger partial charge in [-0.3, -0.25) is 4.79 Å². The van der Waals surface area contributed by atoms with Crippen molar-refractivity contribution in [3.05, 3.63) is 47.0 Å². The Morgan fingerprint density at radius 3 is 2.79 bits per heavy atom. The van der Waals surface area contributed by atoms with Crippen molar-refractivity contribution in [3.63, 3.8) is 0 Å². The van der Waals surface area contributed by atoms with Gasteiger partial charge in [0.1, 0.15) is 5.82 Å². The van der Waals surface area contributed by atoms with Crippen LogP contribution >= 0.6 is 23.2 Å². The quantitative estimate of drug-likeness (QED) is 0.476. The highest BCUT2D eigenvalue weighted by atomic mass is 35.5. The number of carboxylic acid groups (broad SMARTS) is 1. The monoisotopic (exact) mass is 511 g/mol. The van der Waals surface area contributed by atoms with Gasteiger partial charge in [0, 0.05) is 43.5 Å². The second-order valence-corrected chi connectivity index (χ2v) is 10.8. The first-order valence-corrected chi connectivity index (χ1v) is 12.8. The number of hydrogen-bond donors (Lipinski definition) is 2. The van der Waals surface area contributed by atoms with E-state index in [9.17, 15) is 13.2 Å². The van der Waals surface area contributed by atoms with Crippen LogP contribution in [0.15, 0.2) is 36.9 Å². The van der Waals surface area contributed by atoms with E-state index in [-0.39, 0.29) is 18.3 Å². The van der Waals surface area contributed by atoms with E-state index in [0.717, 1.165) is 11.1 Å². The molecule has 9 nitrogen and oxygen atoms in total. The van der Waals surface area contributed by atoms with Crippen LogP contribution in [0.1, 0.15) is 19.3 Å². The van der Waals surface area contributed by atoms with Gasteiger partial charge in [-0.25, -0.2) is 23.1 Å². The fourth-order valence-corrected chi connectivity index (χ4v) is 5.72. The number of aromatic nitrogens is 3. The van der Waals surface area contributed by atoms with E-state index in [1.165, 1.54) is 0 Å². The number of anilines is 1. The highest BCUT2D eigenvalue weighted by Gasteiger charge is 2.32. The summed E-state index contributed by atoms with van der Waals surface area (Å²) in [7, 11) is -1.86. The van der Waals surface area contributed by atoms with Gasteiger partial charge < -0.3 is 14.6 Å². The van der Waals surface area contributed by atoms with Crippen molar-refractivity contribution in [3.8, 4) is 5.69 Å². The molecular weight excluding hydrogens is 489 g/mol. The number of carboxylic acids is 1. The van der Waals surface area contributed by atoms with Gasteiger partial charge in [0.2, 0.25) is 10.0 Å². The van der Waals surface area contributed by atoms with E-state index in [1.807, 2.05) is 16.7 Å². The summed E-state index contributed by atoms with van der Waals surface area (Å²) < 4.78 is 29.7. The number of rotatable bonds is 8. The summed E-state index contributed by atoms with van der Waals surface area (Å²) in [5.74, 6) is -1.02. The number of carbonyl (C=O) groups is 1. The zero-order valence-electron chi connectivity index (χ0n) is 17.8. The zero-order valence-corrected chi connectivity index (χ0v) is 20.1. The third-order valence-corrected chi connectivity index (χ3v) is 8.04. The molecule has 2 atom stereocenters. The van der Waals surface area contributed by atoms with Crippen LogP contribution in [0.5, 0.6) is 0 Å². The van der Waals surface area contributed by atoms with E-state index in [1.54, 1.807) is 36.7 Å². The highest BCUT2D eigenvalue weighted by Crippen LogP contribution is 2.34. The fraction of sp³-hybridized carbons (Fsp3) is 0.381. The number of imidazole rings is 1. The Bertz CT molecular complexity index is 1280. The van der Waals surface area contributed by atoms with Crippen LogP contribution in [0.25, 0.3) is 16.6 Å². The normalized spacial score (nSPS) is 18.6. The molecular formula is C21H23Cl2N5O4S. The Morgan fingerprint density at radius 1 is 1.33 bits per heavy atom. The summed E-state index contributed by atoms with van der Waals surface area (Å²) in [6, 6.07) is 5.01. The van der Waals surface area contributed by atoms with Crippen LogP contribution in [0.4, 0.5) is 5.82 Å². The first-order valence-electron chi connectivity index (χ1n) is 10.4. The van der Waals surface area contributed by atoms with Crippen LogP contribution in [0, 0.1) is 5.92 Å². The fourth-order valence-electron chi connectivity index (χ4n) is 4.01. The van der Waals surface area contributed by atoms with E-state index in [4.69, 9.17) is 28.3 Å². The van der Waals surface area contributed by atoms with Gasteiger partial charge in [0.05, 0.1) is 39.2 Å². The minimum Gasteiger partial charge on any atom is -0.481 e. The molecule has 2 aromatic heterocycles. The lowest BCUT2D eigenvalue weighted by Gasteiger charge is -2.21. The summed E-state index contributed by atoms with van der Waals surface area (Å²) in [4.78, 5) is 21.6. The number of aliphatic carboxylic acids is 1. The molecule has 1 aromatic carbocycles. The molecule has 1 aliphatic rings. The Labute approximate surface area is 201 Å². The molecule has 0 bridgehead atoms. The molecule has 2 N–H and O–H groups in total. The average molecular weight is 512 g/mol. The number of nitrogens with one attached hydrogen (secondary N) is 1. The molecule has 1 aliphatic carbocycles. The molecule has 4 rings (SSSR count). The molecule has 2 heterocycles. The summed E-state index contributed by atoms with van der Waals surface area (Å²) in [6.07, 6.45) is 6.41. The molecule has 0 radical (unpaired) electrons. The van der Waals surface area contributed by atoms with E-state index in [2.05, 4.69) is 14.7 Å². The van der Waals surface area contributed by atoms with Crippen molar-refractivity contribution in [2.24, 2.45) is 5.92 Å². The van der Waals surface area contributed by atoms with Crippen molar-refractivity contribution in [2.75, 3.05) is 24.2 Å². The maximum atomic E-state index is 12.6. The molecule has 0 spiro atoms. The maximum Gasteiger partial charge on any atom is 0.306 e. The van der Waals surface area contributed by atoms with Crippen molar-refractivity contribution >= 4 is 55.9 Å². The lowest BCUT2D eigenvalue weighted by molar-refractivity contribution is -0.141. The number of hydrogen-bond acceptors (Lipinski definition) is 6. The van der Waals surface area contributed by atoms with E-state index < -0.39 is 21.9 Å². The molecule has 0 amide bonds. The first-order chi connectivity index (χ1) is 15.6. The number of fused-ring (bicyclic) bond motifs is 1. The highest BCUT2D eigenvalue weighted by molar-refractivity contribution is 7.89. The van der Waals surface area contributed by atoms with Gasteiger partial charge in [0.25, 0.3) is 0 Å². The third kappa shape index (κ3) is 5.24. The second-order valence-electron chi connectivity index (χ2n) is 8.13. The number of pyridine rings is 1. The summed E-state index contributed by atoms with van der Waals surface area (Å²) >= 11 is 12.6. The number of halogens is 2. The van der Waals surface area contributed by atoms with Crippen molar-refractivity contribution < 1.29 is 18.3 Å². The van der Waals surface area contributed by atoms with Crippen molar-refractivity contribution in [2.45, 2.75) is 25.3 Å². The van der Waals surface area contributed by atoms with Crippen LogP contribution in [0.2, 0.25) is 10.0 Å². The second kappa shape index (κ2) is 9.46. The molecule has 33 heavy (non-hydrogen) atoms. The van der Waals surface area contributed by atoms with Crippen LogP contribution in [0.3, 0.4) is 0 Å². The van der Waals surface area contributed by atoms with Gasteiger partial charge in [-0.1, -0.05) is 23.2 Å². The van der Waals surface area contributed by atoms with Crippen LogP contribution in [-0.2, 0) is 14.8 Å². The predicted molar refractivity (Wildman–Crippen MR) is 128 cm³/mol. The zero-order chi connectivity index (χ0) is 23.8. The Balaban J connectivity index is 1.54. The Hall–Kier alpha value is -2.40. The van der Waals surface area contributed by atoms with Crippen molar-refractivity contribution in [1.82, 2.24) is 19.3 Å². The molecule has 0 saturated heterocycles. The standard InChI is InChI=1S/C21H23Cl2N5O4S/c1-27(8-9-33(31,32)26-14-3-2-13(10-14)21(29)30)18-11-17(28-7-6-24-12-28)15-4-5-16(22)19(23)20(15)25-18/h4-7,11-14,26H,2-3,8-10H2,1H3,(H,29,30). The molecule has 0 aliphatic heterocycles. The number of benzene rings is 1. The summed E-state index contributed by atoms with van der Waals surface area (Å²) in [6.45, 7) is 0.171. The SMILES string of the molecule is CN(CCS(=O)(=O)NC1CCC(C(=O)O)C1)c1cc(-n2ccnc2)c2ccc(Cl)c(Cl)c2n1. The lowest BCUT2D eigenvalue weighted by atomic mass is 10.1. The molecule has 1 fully saturated rings. The lowest BCUT2D eigenvalue weighted by Crippen LogP contribution is -2.38. The molecule has 1 saturated carbocycles. The van der Waals surface area contributed by atoms with Gasteiger partial charge in [0.15, 0.2) is 0 Å². The van der Waals surface area contributed by atoms with Gasteiger partial charge in [-0.15, -0.1) is 0 Å². The third-order valence-electron chi connectivity index (χ3n) is 5.83. The van der Waals surface area contributed by atoms with Gasteiger partial charge in [-0.2, -0.15) is 0 Å². The smallest absolute Gasteiger partial charge is 0.306 e. The predicted octanol–water partition coefficient (Wildman–Crippen LogP) is 3.34. The van der Waals surface area contributed by atoms with Crippen molar-refractivity contribution in [1.29, 1.82) is 0 Å². The molecule has 12 heteroatoms. The molecule has 3 aromatic rings. The minimum atomic E-state index is -3.60. The van der Waals surface area contributed by atoms with Crippen LogP contribution < -0.4 is 9.62 Å². The van der Waals surface area contributed by atoms with Gasteiger partial charge >= 0.3 is 5.97 Å². The largest absolute Gasteiger partial charge is 0.481 e. The Kier molecular flexibility index (Phi) is 6.81. The number of sulfonamides is 1.